The summed E-state index contributed by atoms with van der Waals surface area (Å²) >= 11 is 0. The number of hydrogen-bond donors (Lipinski definition) is 1. The topological polar surface area (TPSA) is 69.7 Å². The van der Waals surface area contributed by atoms with Gasteiger partial charge in [0.1, 0.15) is 0 Å². The fourth-order valence-electron chi connectivity index (χ4n) is 3.53. The molecule has 1 fully saturated rings. The molecule has 0 spiro atoms. The van der Waals surface area contributed by atoms with Gasteiger partial charge in [-0.3, -0.25) is 9.69 Å². The maximum absolute atomic E-state index is 12.7. The van der Waals surface area contributed by atoms with E-state index in [4.69, 9.17) is 0 Å². The van der Waals surface area contributed by atoms with E-state index in [0.29, 0.717) is 32.6 Å². The van der Waals surface area contributed by atoms with Gasteiger partial charge in [0.25, 0.3) is 0 Å². The third-order valence-corrected chi connectivity index (χ3v) is 6.88. The summed E-state index contributed by atoms with van der Waals surface area (Å²) in [6.07, 6.45) is 0.676. The Morgan fingerprint density at radius 2 is 1.54 bits per heavy atom. The highest BCUT2D eigenvalue weighted by Crippen LogP contribution is 2.17. The molecule has 1 atom stereocenters. The number of nitrogens with one attached hydrogen (secondary N) is 1. The maximum Gasteiger partial charge on any atom is 0.241 e. The Morgan fingerprint density at radius 3 is 2.11 bits per heavy atom. The molecule has 1 amide bonds. The first-order chi connectivity index (χ1) is 13.5. The number of amides is 1. The highest BCUT2D eigenvalue weighted by molar-refractivity contribution is 7.88. The number of sulfonamides is 1. The number of para-hydroxylation sites is 1. The van der Waals surface area contributed by atoms with Crippen molar-refractivity contribution in [3.63, 3.8) is 0 Å². The predicted octanol–water partition coefficient (Wildman–Crippen LogP) is 2.55. The second-order valence-corrected chi connectivity index (χ2v) is 8.93. The van der Waals surface area contributed by atoms with Gasteiger partial charge in [0.2, 0.25) is 15.9 Å². The number of carbonyl (C=O) groups excluding carboxylic acids is 1. The summed E-state index contributed by atoms with van der Waals surface area (Å²) < 4.78 is 26.9. The molecular weight excluding hydrogens is 374 g/mol. The summed E-state index contributed by atoms with van der Waals surface area (Å²) in [4.78, 5) is 14.8. The quantitative estimate of drug-likeness (QED) is 0.774. The Balaban J connectivity index is 1.58. The highest BCUT2D eigenvalue weighted by atomic mass is 32.2. The number of anilines is 1. The third-order valence-electron chi connectivity index (χ3n) is 5.03. The van der Waals surface area contributed by atoms with Crippen LogP contribution in [-0.4, -0.2) is 55.8 Å². The number of piperazine rings is 1. The second-order valence-electron chi connectivity index (χ2n) is 6.96. The Kier molecular flexibility index (Phi) is 6.83. The number of rotatable bonds is 7. The normalized spacial score (nSPS) is 17.2. The van der Waals surface area contributed by atoms with Gasteiger partial charge in [0.05, 0.1) is 11.8 Å². The maximum atomic E-state index is 12.7. The molecule has 28 heavy (non-hydrogen) atoms. The highest BCUT2D eigenvalue weighted by Gasteiger charge is 2.32. The first-order valence-electron chi connectivity index (χ1n) is 9.61. The van der Waals surface area contributed by atoms with E-state index in [1.54, 1.807) is 4.31 Å². The second kappa shape index (κ2) is 9.32. The van der Waals surface area contributed by atoms with Crippen LogP contribution in [0.15, 0.2) is 60.7 Å². The molecule has 3 rings (SSSR count). The van der Waals surface area contributed by atoms with Crippen LogP contribution in [0.2, 0.25) is 0 Å². The molecule has 7 heteroatoms. The standard InChI is InChI=1S/C21H27N3O3S/c1-2-20(21(25)22-19-11-7-4-8-12-19)23-13-15-24(16-14-23)28(26,27)17-18-9-5-3-6-10-18/h3-12,20H,2,13-17H2,1H3,(H,22,25)/t20-/m0/s1. The molecule has 1 aliphatic heterocycles. The van der Waals surface area contributed by atoms with E-state index in [-0.39, 0.29) is 17.7 Å². The molecule has 2 aromatic carbocycles. The third kappa shape index (κ3) is 5.19. The van der Waals surface area contributed by atoms with Crippen molar-refractivity contribution in [2.45, 2.75) is 25.1 Å². The molecule has 0 aliphatic carbocycles. The molecule has 0 aromatic heterocycles. The Morgan fingerprint density at radius 1 is 0.964 bits per heavy atom. The number of nitrogens with zero attached hydrogens (tertiary/aromatic N) is 2. The van der Waals surface area contributed by atoms with Crippen molar-refractivity contribution < 1.29 is 13.2 Å². The molecule has 1 N–H and O–H groups in total. The van der Waals surface area contributed by atoms with Gasteiger partial charge in [-0.05, 0) is 24.1 Å². The lowest BCUT2D eigenvalue weighted by Crippen LogP contribution is -2.54. The van der Waals surface area contributed by atoms with Crippen LogP contribution < -0.4 is 5.32 Å². The van der Waals surface area contributed by atoms with Gasteiger partial charge in [0, 0.05) is 31.9 Å². The molecule has 2 aromatic rings. The Bertz CT molecular complexity index is 864. The molecule has 0 radical (unpaired) electrons. The minimum Gasteiger partial charge on any atom is -0.325 e. The molecule has 6 nitrogen and oxygen atoms in total. The van der Waals surface area contributed by atoms with E-state index in [9.17, 15) is 13.2 Å². The lowest BCUT2D eigenvalue weighted by molar-refractivity contribution is -0.121. The van der Waals surface area contributed by atoms with E-state index >= 15 is 0 Å². The zero-order valence-corrected chi connectivity index (χ0v) is 16.9. The predicted molar refractivity (Wildman–Crippen MR) is 111 cm³/mol. The van der Waals surface area contributed by atoms with Gasteiger partial charge in [-0.15, -0.1) is 0 Å². The Hall–Kier alpha value is -2.22. The van der Waals surface area contributed by atoms with Gasteiger partial charge in [-0.1, -0.05) is 55.5 Å². The van der Waals surface area contributed by atoms with Gasteiger partial charge in [-0.2, -0.15) is 4.31 Å². The van der Waals surface area contributed by atoms with Crippen LogP contribution in [0.4, 0.5) is 5.69 Å². The molecule has 1 aliphatic rings. The van der Waals surface area contributed by atoms with Crippen LogP contribution in [0.25, 0.3) is 0 Å². The van der Waals surface area contributed by atoms with Crippen molar-refractivity contribution >= 4 is 21.6 Å². The van der Waals surface area contributed by atoms with Gasteiger partial charge >= 0.3 is 0 Å². The van der Waals surface area contributed by atoms with Crippen molar-refractivity contribution in [1.82, 2.24) is 9.21 Å². The van der Waals surface area contributed by atoms with Gasteiger partial charge in [0.15, 0.2) is 0 Å². The summed E-state index contributed by atoms with van der Waals surface area (Å²) in [5.74, 6) is -0.0335. The molecule has 1 saturated heterocycles. The number of carbonyl (C=O) groups is 1. The van der Waals surface area contributed by atoms with Crippen LogP contribution >= 0.6 is 0 Å². The first-order valence-corrected chi connectivity index (χ1v) is 11.2. The molecular formula is C21H27N3O3S. The molecule has 0 bridgehead atoms. The summed E-state index contributed by atoms with van der Waals surface area (Å²) in [7, 11) is -3.35. The zero-order valence-electron chi connectivity index (χ0n) is 16.1. The van der Waals surface area contributed by atoms with Crippen molar-refractivity contribution in [1.29, 1.82) is 0 Å². The molecule has 150 valence electrons. The molecule has 0 saturated carbocycles. The molecule has 0 unspecified atom stereocenters. The van der Waals surface area contributed by atoms with Crippen molar-refractivity contribution in [3.8, 4) is 0 Å². The minimum atomic E-state index is -3.35. The lowest BCUT2D eigenvalue weighted by atomic mass is 10.1. The summed E-state index contributed by atoms with van der Waals surface area (Å²) in [6, 6.07) is 18.3. The van der Waals surface area contributed by atoms with Crippen molar-refractivity contribution in [3.05, 3.63) is 66.2 Å². The first kappa shape index (κ1) is 20.5. The van der Waals surface area contributed by atoms with E-state index < -0.39 is 10.0 Å². The SMILES string of the molecule is CC[C@@H](C(=O)Nc1ccccc1)N1CCN(S(=O)(=O)Cc2ccccc2)CC1. The van der Waals surface area contributed by atoms with Gasteiger partial charge in [-0.25, -0.2) is 8.42 Å². The smallest absolute Gasteiger partial charge is 0.241 e. The van der Waals surface area contributed by atoms with Gasteiger partial charge < -0.3 is 5.32 Å². The van der Waals surface area contributed by atoms with Crippen LogP contribution in [0.5, 0.6) is 0 Å². The van der Waals surface area contributed by atoms with Crippen molar-refractivity contribution in [2.24, 2.45) is 0 Å². The Labute approximate surface area is 167 Å². The number of benzene rings is 2. The molecule has 1 heterocycles. The summed E-state index contributed by atoms with van der Waals surface area (Å²) in [5, 5.41) is 2.95. The monoisotopic (exact) mass is 401 g/mol. The van der Waals surface area contributed by atoms with Crippen LogP contribution in [0.1, 0.15) is 18.9 Å². The van der Waals surface area contributed by atoms with E-state index in [1.165, 1.54) is 0 Å². The van der Waals surface area contributed by atoms with Crippen LogP contribution in [0.3, 0.4) is 0 Å². The number of hydrogen-bond acceptors (Lipinski definition) is 4. The van der Waals surface area contributed by atoms with Crippen molar-refractivity contribution in [2.75, 3.05) is 31.5 Å². The zero-order chi connectivity index (χ0) is 20.0. The fraction of sp³-hybridized carbons (Fsp3) is 0.381. The summed E-state index contributed by atoms with van der Waals surface area (Å²) in [6.45, 7) is 3.89. The van der Waals surface area contributed by atoms with E-state index in [1.807, 2.05) is 67.6 Å². The van der Waals surface area contributed by atoms with E-state index in [0.717, 1.165) is 11.3 Å². The lowest BCUT2D eigenvalue weighted by Gasteiger charge is -2.37. The summed E-state index contributed by atoms with van der Waals surface area (Å²) in [5.41, 5.74) is 1.56. The van der Waals surface area contributed by atoms with Crippen LogP contribution in [0, 0.1) is 0 Å². The minimum absolute atomic E-state index is 0.0134. The van der Waals surface area contributed by atoms with Crippen LogP contribution in [-0.2, 0) is 20.6 Å². The largest absolute Gasteiger partial charge is 0.325 e. The fourth-order valence-corrected chi connectivity index (χ4v) is 5.04. The average molecular weight is 402 g/mol. The van der Waals surface area contributed by atoms with E-state index in [2.05, 4.69) is 10.2 Å². The average Bonchev–Trinajstić information content (AvgIpc) is 2.70.